The number of hydrogen-bond donors (Lipinski definition) is 0. The van der Waals surface area contributed by atoms with Gasteiger partial charge in [0.05, 0.1) is 0 Å². The van der Waals surface area contributed by atoms with Gasteiger partial charge in [-0.05, 0) is 12.0 Å². The van der Waals surface area contributed by atoms with Gasteiger partial charge in [0.1, 0.15) is 0 Å². The number of rotatable bonds is 11. The normalized spacial score (nSPS) is 10.8. The van der Waals surface area contributed by atoms with E-state index in [1.165, 1.54) is 44.1 Å². The zero-order valence-electron chi connectivity index (χ0n) is 16.2. The third-order valence-corrected chi connectivity index (χ3v) is 18.8. The molecule has 0 aromatic heterocycles. The molecular weight excluding hydrogens is 383 g/mol. The summed E-state index contributed by atoms with van der Waals surface area (Å²) in [6.45, 7) is 13.3. The van der Waals surface area contributed by atoms with Crippen LogP contribution in [0.25, 0.3) is 0 Å². The Bertz CT molecular complexity index is 347. The standard InChI is InChI=1S/C8H10.3C4H9.C2H3.Sn/c1-2-8-6-4-3-5-7-8;3*1-3-4-2;1-2;/h3-7H,2H2,1H3;3*1,3-4H2,2H3;1H,2H2;. The molecule has 1 aromatic carbocycles. The largest absolute Gasteiger partial charge is 0.0622 e. The van der Waals surface area contributed by atoms with Crippen LogP contribution < -0.4 is 0 Å². The van der Waals surface area contributed by atoms with Gasteiger partial charge in [0, 0.05) is 0 Å². The summed E-state index contributed by atoms with van der Waals surface area (Å²) in [6.07, 6.45) is 9.60. The minimum absolute atomic E-state index is 1.14. The number of unbranched alkanes of at least 4 members (excludes halogenated alkanes) is 3. The van der Waals surface area contributed by atoms with E-state index in [0.717, 1.165) is 6.42 Å². The molecule has 0 bridgehead atoms. The summed E-state index contributed by atoms with van der Waals surface area (Å²) < 4.78 is 7.16. The monoisotopic (exact) mass is 424 g/mol. The van der Waals surface area contributed by atoms with Gasteiger partial charge in [-0.2, -0.15) is 0 Å². The van der Waals surface area contributed by atoms with Crippen LogP contribution in [0, 0.1) is 0 Å². The predicted octanol–water partition coefficient (Wildman–Crippen LogP) is 7.81. The first-order chi connectivity index (χ1) is 11.2. The zero-order chi connectivity index (χ0) is 17.4. The van der Waals surface area contributed by atoms with Gasteiger partial charge in [-0.3, -0.25) is 0 Å². The molecular formula is C22H40Sn. The molecule has 0 saturated heterocycles. The van der Waals surface area contributed by atoms with E-state index in [4.69, 9.17) is 0 Å². The smallest absolute Gasteiger partial charge is 0.0307 e. The van der Waals surface area contributed by atoms with Crippen molar-refractivity contribution in [1.29, 1.82) is 0 Å². The fourth-order valence-electron chi connectivity index (χ4n) is 2.98. The van der Waals surface area contributed by atoms with Crippen LogP contribution in [0.3, 0.4) is 0 Å². The maximum atomic E-state index is 4.19. The van der Waals surface area contributed by atoms with Crippen molar-refractivity contribution in [1.82, 2.24) is 0 Å². The van der Waals surface area contributed by atoms with E-state index in [0.29, 0.717) is 0 Å². The summed E-state index contributed by atoms with van der Waals surface area (Å²) >= 11 is -1.85. The molecule has 23 heavy (non-hydrogen) atoms. The molecule has 0 nitrogen and oxygen atoms in total. The summed E-state index contributed by atoms with van der Waals surface area (Å²) in [5.41, 5.74) is 1.41. The molecule has 1 aromatic rings. The van der Waals surface area contributed by atoms with Gasteiger partial charge < -0.3 is 0 Å². The summed E-state index contributed by atoms with van der Waals surface area (Å²) in [6, 6.07) is 10.5. The molecule has 0 aliphatic carbocycles. The van der Waals surface area contributed by atoms with Crippen LogP contribution in [0.15, 0.2) is 41.0 Å². The van der Waals surface area contributed by atoms with Crippen LogP contribution in [0.1, 0.15) is 71.8 Å². The topological polar surface area (TPSA) is 0 Å². The van der Waals surface area contributed by atoms with Gasteiger partial charge in [-0.25, -0.2) is 0 Å². The Hall–Kier alpha value is -0.241. The van der Waals surface area contributed by atoms with Crippen LogP contribution in [0.4, 0.5) is 0 Å². The molecule has 1 heteroatoms. The molecule has 0 heterocycles. The minimum atomic E-state index is -1.85. The van der Waals surface area contributed by atoms with E-state index in [2.05, 4.69) is 62.6 Å². The summed E-state index contributed by atoms with van der Waals surface area (Å²) in [4.78, 5) is 0. The Kier molecular flexibility index (Phi) is 15.1. The Balaban J connectivity index is 0.000000502. The maximum absolute atomic E-state index is 4.19. The van der Waals surface area contributed by atoms with Crippen molar-refractivity contribution in [3.63, 3.8) is 0 Å². The first kappa shape index (κ1) is 22.8. The quantitative estimate of drug-likeness (QED) is 0.319. The molecule has 0 amide bonds. The first-order valence-electron chi connectivity index (χ1n) is 9.85. The Labute approximate surface area is 150 Å². The van der Waals surface area contributed by atoms with Gasteiger partial charge in [0.2, 0.25) is 0 Å². The average Bonchev–Trinajstić information content (AvgIpc) is 2.63. The van der Waals surface area contributed by atoms with E-state index < -0.39 is 18.4 Å². The third kappa shape index (κ3) is 11.0. The fourth-order valence-corrected chi connectivity index (χ4v) is 15.9. The maximum Gasteiger partial charge on any atom is -0.0307 e. The third-order valence-electron chi connectivity index (χ3n) is 4.77. The molecule has 0 unspecified atom stereocenters. The average molecular weight is 423 g/mol. The van der Waals surface area contributed by atoms with Crippen molar-refractivity contribution in [3.8, 4) is 0 Å². The van der Waals surface area contributed by atoms with Crippen molar-refractivity contribution < 1.29 is 0 Å². The molecule has 1 rings (SSSR count). The summed E-state index contributed by atoms with van der Waals surface area (Å²) in [5.74, 6) is 0. The first-order valence-corrected chi connectivity index (χ1v) is 17.6. The fraction of sp³-hybridized carbons (Fsp3) is 0.636. The minimum Gasteiger partial charge on any atom is -0.0622 e. The Morgan fingerprint density at radius 2 is 1.22 bits per heavy atom. The van der Waals surface area contributed by atoms with Crippen LogP contribution >= 0.6 is 0 Å². The summed E-state index contributed by atoms with van der Waals surface area (Å²) in [5, 5.41) is 0. The van der Waals surface area contributed by atoms with Crippen molar-refractivity contribution in [2.45, 2.75) is 86.0 Å². The van der Waals surface area contributed by atoms with Crippen LogP contribution in [-0.2, 0) is 6.42 Å². The number of hydrogen-bond acceptors (Lipinski definition) is 0. The molecule has 0 aliphatic rings. The van der Waals surface area contributed by atoms with E-state index in [1.54, 1.807) is 13.3 Å². The van der Waals surface area contributed by atoms with E-state index in [9.17, 15) is 0 Å². The number of benzene rings is 1. The van der Waals surface area contributed by atoms with Gasteiger partial charge in [-0.1, -0.05) is 37.3 Å². The molecule has 0 radical (unpaired) electrons. The Morgan fingerprint density at radius 3 is 1.48 bits per heavy atom. The molecule has 0 spiro atoms. The molecule has 0 N–H and O–H groups in total. The second kappa shape index (κ2) is 15.3. The van der Waals surface area contributed by atoms with Crippen LogP contribution in [-0.4, -0.2) is 18.4 Å². The zero-order valence-corrected chi connectivity index (χ0v) is 19.1. The van der Waals surface area contributed by atoms with Crippen LogP contribution in [0.5, 0.6) is 0 Å². The number of aryl methyl sites for hydroxylation is 1. The second-order valence-corrected chi connectivity index (χ2v) is 19.9. The molecule has 0 atom stereocenters. The SMILES string of the molecule is C=[CH][Sn]([CH2]CCC)([CH2]CCC)[CH2]CCC.CCc1ccccc1. The molecule has 0 saturated carbocycles. The molecule has 132 valence electrons. The van der Waals surface area contributed by atoms with Crippen molar-refractivity contribution in [2.75, 3.05) is 0 Å². The molecule has 0 aliphatic heterocycles. The van der Waals surface area contributed by atoms with Gasteiger partial charge in [0.15, 0.2) is 0 Å². The van der Waals surface area contributed by atoms with Crippen molar-refractivity contribution >= 4 is 18.4 Å². The Morgan fingerprint density at radius 1 is 0.783 bits per heavy atom. The summed E-state index contributed by atoms with van der Waals surface area (Å²) in [7, 11) is 0. The van der Waals surface area contributed by atoms with E-state index >= 15 is 0 Å². The van der Waals surface area contributed by atoms with Gasteiger partial charge in [0.25, 0.3) is 0 Å². The van der Waals surface area contributed by atoms with Crippen LogP contribution in [0.2, 0.25) is 13.3 Å². The second-order valence-electron chi connectivity index (χ2n) is 6.72. The predicted molar refractivity (Wildman–Crippen MR) is 111 cm³/mol. The van der Waals surface area contributed by atoms with E-state index in [-0.39, 0.29) is 0 Å². The van der Waals surface area contributed by atoms with E-state index in [1.807, 2.05) is 6.07 Å². The van der Waals surface area contributed by atoms with Crippen molar-refractivity contribution in [2.24, 2.45) is 0 Å². The van der Waals surface area contributed by atoms with Gasteiger partial charge in [-0.15, -0.1) is 0 Å². The van der Waals surface area contributed by atoms with Gasteiger partial charge >= 0.3 is 102 Å². The van der Waals surface area contributed by atoms with Crippen molar-refractivity contribution in [3.05, 3.63) is 46.6 Å². The molecule has 0 fully saturated rings.